The first-order valence-corrected chi connectivity index (χ1v) is 8.27. The maximum absolute atomic E-state index is 4.37. The molecule has 0 aliphatic carbocycles. The van der Waals surface area contributed by atoms with E-state index in [1.165, 1.54) is 10.5 Å². The van der Waals surface area contributed by atoms with Crippen molar-refractivity contribution in [1.29, 1.82) is 0 Å². The number of rotatable bonds is 4. The van der Waals surface area contributed by atoms with Gasteiger partial charge < -0.3 is 5.32 Å². The van der Waals surface area contributed by atoms with Crippen molar-refractivity contribution in [3.63, 3.8) is 0 Å². The summed E-state index contributed by atoms with van der Waals surface area (Å²) >= 11 is 8.80. The van der Waals surface area contributed by atoms with Crippen molar-refractivity contribution in [3.8, 4) is 0 Å². The molecule has 0 aliphatic heterocycles. The van der Waals surface area contributed by atoms with Gasteiger partial charge in [-0.3, -0.25) is 0 Å². The van der Waals surface area contributed by atoms with Crippen LogP contribution in [0.15, 0.2) is 55.4 Å². The van der Waals surface area contributed by atoms with Gasteiger partial charge >= 0.3 is 0 Å². The predicted octanol–water partition coefficient (Wildman–Crippen LogP) is 5.04. The average molecular weight is 402 g/mol. The van der Waals surface area contributed by atoms with Gasteiger partial charge in [0.1, 0.15) is 5.03 Å². The van der Waals surface area contributed by atoms with Gasteiger partial charge in [-0.05, 0) is 59.7 Å². The minimum atomic E-state index is 0.329. The molecule has 1 heterocycles. The van der Waals surface area contributed by atoms with Gasteiger partial charge in [-0.1, -0.05) is 33.8 Å². The lowest BCUT2D eigenvalue weighted by atomic mass is 10.1. The van der Waals surface area contributed by atoms with E-state index in [2.05, 4.69) is 67.3 Å². The maximum atomic E-state index is 4.37. The number of aromatic nitrogens is 1. The smallest absolute Gasteiger partial charge is 0.115 e. The summed E-state index contributed by atoms with van der Waals surface area (Å²) in [4.78, 5) is 5.53. The summed E-state index contributed by atoms with van der Waals surface area (Å²) in [6, 6.07) is 10.7. The maximum Gasteiger partial charge on any atom is 0.115 e. The van der Waals surface area contributed by atoms with E-state index in [0.29, 0.717) is 6.04 Å². The molecule has 0 saturated heterocycles. The Hall–Kier alpha value is -0.360. The van der Waals surface area contributed by atoms with Gasteiger partial charge in [-0.2, -0.15) is 0 Å². The van der Waals surface area contributed by atoms with Crippen LogP contribution in [0.5, 0.6) is 0 Å². The third-order valence-corrected chi connectivity index (χ3v) is 5.41. The number of nitrogens with one attached hydrogen (secondary N) is 1. The second-order valence-electron chi connectivity index (χ2n) is 4.09. The molecule has 5 heteroatoms. The molecule has 2 nitrogen and oxygen atoms in total. The molecule has 2 aromatic rings. The molecule has 1 atom stereocenters. The Morgan fingerprint density at radius 2 is 2.00 bits per heavy atom. The second kappa shape index (κ2) is 6.88. The predicted molar refractivity (Wildman–Crippen MR) is 87.7 cm³/mol. The fourth-order valence-electron chi connectivity index (χ4n) is 1.64. The Morgan fingerprint density at radius 3 is 2.63 bits per heavy atom. The van der Waals surface area contributed by atoms with E-state index >= 15 is 0 Å². The Labute approximate surface area is 134 Å². The van der Waals surface area contributed by atoms with Gasteiger partial charge in [-0.25, -0.2) is 4.98 Å². The zero-order valence-corrected chi connectivity index (χ0v) is 14.6. The molecule has 1 N–H and O–H groups in total. The molecular formula is C14H14Br2N2S. The molecule has 0 amide bonds. The first-order chi connectivity index (χ1) is 9.11. The van der Waals surface area contributed by atoms with Crippen LogP contribution in [0.25, 0.3) is 0 Å². The van der Waals surface area contributed by atoms with Gasteiger partial charge in [0, 0.05) is 21.6 Å². The van der Waals surface area contributed by atoms with Crippen molar-refractivity contribution in [1.82, 2.24) is 10.3 Å². The van der Waals surface area contributed by atoms with Crippen LogP contribution < -0.4 is 5.32 Å². The minimum Gasteiger partial charge on any atom is -0.313 e. The second-order valence-corrected chi connectivity index (χ2v) is 6.86. The first kappa shape index (κ1) is 15.0. The van der Waals surface area contributed by atoms with E-state index in [9.17, 15) is 0 Å². The monoisotopic (exact) mass is 400 g/mol. The summed E-state index contributed by atoms with van der Waals surface area (Å²) in [6.45, 7) is 2.14. The van der Waals surface area contributed by atoms with Gasteiger partial charge in [0.2, 0.25) is 0 Å². The average Bonchev–Trinajstić information content (AvgIpc) is 2.41. The van der Waals surface area contributed by atoms with Gasteiger partial charge in [0.25, 0.3) is 0 Å². The van der Waals surface area contributed by atoms with Crippen molar-refractivity contribution in [2.45, 2.75) is 22.9 Å². The summed E-state index contributed by atoms with van der Waals surface area (Å²) in [5, 5.41) is 4.22. The lowest BCUT2D eigenvalue weighted by Crippen LogP contribution is -2.12. The Bertz CT molecular complexity index is 575. The molecule has 1 aromatic heterocycles. The third-order valence-electron chi connectivity index (χ3n) is 2.81. The van der Waals surface area contributed by atoms with Crippen LogP contribution in [0.3, 0.4) is 0 Å². The number of nitrogens with zero attached hydrogens (tertiary/aromatic N) is 1. The highest BCUT2D eigenvalue weighted by Gasteiger charge is 2.09. The normalized spacial score (nSPS) is 12.4. The quantitative estimate of drug-likeness (QED) is 0.776. The van der Waals surface area contributed by atoms with Gasteiger partial charge in [0.15, 0.2) is 0 Å². The van der Waals surface area contributed by atoms with Gasteiger partial charge in [0.05, 0.1) is 4.47 Å². The highest BCUT2D eigenvalue weighted by molar-refractivity contribution is 9.10. The number of pyridine rings is 1. The van der Waals surface area contributed by atoms with E-state index in [0.717, 1.165) is 14.0 Å². The third kappa shape index (κ3) is 3.81. The van der Waals surface area contributed by atoms with Crippen LogP contribution in [0, 0.1) is 0 Å². The minimum absolute atomic E-state index is 0.329. The Morgan fingerprint density at radius 1 is 1.21 bits per heavy atom. The molecule has 100 valence electrons. The fraction of sp³-hybridized carbons (Fsp3) is 0.214. The summed E-state index contributed by atoms with van der Waals surface area (Å²) in [7, 11) is 1.96. The molecule has 0 aliphatic rings. The molecular weight excluding hydrogens is 388 g/mol. The van der Waals surface area contributed by atoms with Crippen LogP contribution in [0.1, 0.15) is 18.5 Å². The van der Waals surface area contributed by atoms with Crippen molar-refractivity contribution in [3.05, 3.63) is 51.0 Å². The molecule has 0 radical (unpaired) electrons. The van der Waals surface area contributed by atoms with Crippen molar-refractivity contribution in [2.24, 2.45) is 0 Å². The first-order valence-electron chi connectivity index (χ1n) is 5.87. The van der Waals surface area contributed by atoms with E-state index in [1.807, 2.05) is 19.2 Å². The molecule has 0 spiro atoms. The highest BCUT2D eigenvalue weighted by atomic mass is 79.9. The Balaban J connectivity index is 2.24. The molecule has 0 fully saturated rings. The summed E-state index contributed by atoms with van der Waals surface area (Å²) in [5.74, 6) is 0. The molecule has 2 rings (SSSR count). The molecule has 1 aromatic carbocycles. The number of hydrogen-bond acceptors (Lipinski definition) is 3. The number of halogens is 2. The van der Waals surface area contributed by atoms with Crippen LogP contribution in [-0.2, 0) is 0 Å². The molecule has 0 saturated carbocycles. The summed E-state index contributed by atoms with van der Waals surface area (Å²) < 4.78 is 2.13. The van der Waals surface area contributed by atoms with Gasteiger partial charge in [-0.15, -0.1) is 0 Å². The van der Waals surface area contributed by atoms with E-state index in [1.54, 1.807) is 18.0 Å². The highest BCUT2D eigenvalue weighted by Crippen LogP contribution is 2.34. The van der Waals surface area contributed by atoms with E-state index in [-0.39, 0.29) is 0 Å². The van der Waals surface area contributed by atoms with Crippen molar-refractivity contribution < 1.29 is 0 Å². The van der Waals surface area contributed by atoms with Crippen LogP contribution >= 0.6 is 43.6 Å². The van der Waals surface area contributed by atoms with Crippen LogP contribution in [-0.4, -0.2) is 12.0 Å². The molecule has 1 unspecified atom stereocenters. The molecule has 19 heavy (non-hydrogen) atoms. The lowest BCUT2D eigenvalue weighted by Gasteiger charge is -2.13. The summed E-state index contributed by atoms with van der Waals surface area (Å²) in [5.41, 5.74) is 1.26. The zero-order chi connectivity index (χ0) is 13.8. The van der Waals surface area contributed by atoms with E-state index < -0.39 is 0 Å². The van der Waals surface area contributed by atoms with Crippen molar-refractivity contribution >= 4 is 43.6 Å². The Kier molecular flexibility index (Phi) is 5.45. The lowest BCUT2D eigenvalue weighted by molar-refractivity contribution is 0.649. The largest absolute Gasteiger partial charge is 0.313 e. The van der Waals surface area contributed by atoms with E-state index in [4.69, 9.17) is 0 Å². The standard InChI is InChI=1S/C14H14Br2N2S/c1-9(17-2)11-6-5-10(8-13(11)16)19-14-12(15)4-3-7-18-14/h3-9,17H,1-2H3. The summed E-state index contributed by atoms with van der Waals surface area (Å²) in [6.07, 6.45) is 1.81. The SMILES string of the molecule is CNC(C)c1ccc(Sc2ncccc2Br)cc1Br. The topological polar surface area (TPSA) is 24.9 Å². The molecule has 0 bridgehead atoms. The number of hydrogen-bond donors (Lipinski definition) is 1. The number of benzene rings is 1. The zero-order valence-electron chi connectivity index (χ0n) is 10.7. The van der Waals surface area contributed by atoms with Crippen LogP contribution in [0.2, 0.25) is 0 Å². The fourth-order valence-corrected chi connectivity index (χ4v) is 3.82. The van der Waals surface area contributed by atoms with Crippen molar-refractivity contribution in [2.75, 3.05) is 7.05 Å². The van der Waals surface area contributed by atoms with Crippen LogP contribution in [0.4, 0.5) is 0 Å².